The van der Waals surface area contributed by atoms with Crippen LogP contribution >= 0.6 is 11.3 Å². The molecule has 4 rings (SSSR count). The fraction of sp³-hybridized carbons (Fsp3) is 0.417. The summed E-state index contributed by atoms with van der Waals surface area (Å²) in [7, 11) is 0. The lowest BCUT2D eigenvalue weighted by Gasteiger charge is -2.29. The average molecular weight is 469 g/mol. The molecule has 0 spiro atoms. The van der Waals surface area contributed by atoms with Crippen molar-refractivity contribution in [3.05, 3.63) is 52.5 Å². The van der Waals surface area contributed by atoms with E-state index in [-0.39, 0.29) is 18.4 Å². The van der Waals surface area contributed by atoms with Gasteiger partial charge in [-0.15, -0.1) is 0 Å². The van der Waals surface area contributed by atoms with Gasteiger partial charge in [0.2, 0.25) is 5.91 Å². The number of hydrogen-bond donors (Lipinski definition) is 1. The first-order chi connectivity index (χ1) is 15.7. The zero-order valence-electron chi connectivity index (χ0n) is 19.3. The highest BCUT2D eigenvalue weighted by Crippen LogP contribution is 2.29. The number of amides is 2. The fourth-order valence-electron chi connectivity index (χ4n) is 3.41. The van der Waals surface area contributed by atoms with Crippen molar-refractivity contribution in [2.24, 2.45) is 0 Å². The molecule has 0 radical (unpaired) electrons. The summed E-state index contributed by atoms with van der Waals surface area (Å²) in [4.78, 5) is 36.2. The average Bonchev–Trinajstić information content (AvgIpc) is 3.37. The van der Waals surface area contributed by atoms with Gasteiger partial charge in [-0.3, -0.25) is 4.79 Å². The van der Waals surface area contributed by atoms with E-state index in [1.54, 1.807) is 11.1 Å². The first kappa shape index (κ1) is 23.0. The number of benzene rings is 1. The summed E-state index contributed by atoms with van der Waals surface area (Å²) >= 11 is 1.40. The Morgan fingerprint density at radius 2 is 2.00 bits per heavy atom. The molecule has 9 heteroatoms. The van der Waals surface area contributed by atoms with Gasteiger partial charge in [-0.1, -0.05) is 41.2 Å². The molecule has 8 nitrogen and oxygen atoms in total. The number of oxazole rings is 1. The van der Waals surface area contributed by atoms with Crippen LogP contribution in [0.15, 0.2) is 34.9 Å². The molecule has 2 amide bonds. The second kappa shape index (κ2) is 9.35. The molecule has 1 N–H and O–H groups in total. The van der Waals surface area contributed by atoms with Gasteiger partial charge in [0.05, 0.1) is 18.4 Å². The molecule has 2 aromatic heterocycles. The van der Waals surface area contributed by atoms with Gasteiger partial charge in [-0.05, 0) is 27.7 Å². The quantitative estimate of drug-likeness (QED) is 0.568. The lowest BCUT2D eigenvalue weighted by molar-refractivity contribution is -0.116. The van der Waals surface area contributed by atoms with Crippen LogP contribution in [0.3, 0.4) is 0 Å². The number of thiazole rings is 1. The third-order valence-corrected chi connectivity index (χ3v) is 6.08. The normalized spacial score (nSPS) is 13.5. The molecule has 1 aliphatic rings. The van der Waals surface area contributed by atoms with E-state index in [0.29, 0.717) is 42.7 Å². The Bertz CT molecular complexity index is 1140. The number of nitrogens with one attached hydrogen (secondary N) is 1. The Hall–Kier alpha value is -3.20. The molecular weight excluding hydrogens is 440 g/mol. The van der Waals surface area contributed by atoms with Crippen molar-refractivity contribution in [2.75, 3.05) is 11.9 Å². The van der Waals surface area contributed by atoms with E-state index in [2.05, 4.69) is 15.3 Å². The molecule has 0 saturated carbocycles. The number of aryl methyl sites for hydroxylation is 2. The van der Waals surface area contributed by atoms with E-state index < -0.39 is 5.60 Å². The summed E-state index contributed by atoms with van der Waals surface area (Å²) in [5, 5.41) is 3.41. The van der Waals surface area contributed by atoms with Crippen LogP contribution in [0.2, 0.25) is 0 Å². The molecule has 0 atom stereocenters. The largest absolute Gasteiger partial charge is 0.444 e. The second-order valence-electron chi connectivity index (χ2n) is 9.07. The summed E-state index contributed by atoms with van der Waals surface area (Å²) in [5.74, 6) is 1.06. The van der Waals surface area contributed by atoms with Crippen LogP contribution in [0.25, 0.3) is 11.3 Å². The number of carbonyl (C=O) groups is 2. The van der Waals surface area contributed by atoms with Gasteiger partial charge in [-0.25, -0.2) is 14.8 Å². The Morgan fingerprint density at radius 3 is 2.73 bits per heavy atom. The molecule has 1 aromatic carbocycles. The summed E-state index contributed by atoms with van der Waals surface area (Å²) < 4.78 is 11.3. The summed E-state index contributed by atoms with van der Waals surface area (Å²) in [6, 6.07) is 8.01. The zero-order valence-corrected chi connectivity index (χ0v) is 20.1. The fourth-order valence-corrected chi connectivity index (χ4v) is 4.45. The summed E-state index contributed by atoms with van der Waals surface area (Å²) in [5.41, 5.74) is 2.52. The number of fused-ring (bicyclic) bond motifs is 1. The molecule has 174 valence electrons. The first-order valence-electron chi connectivity index (χ1n) is 10.9. The van der Waals surface area contributed by atoms with Crippen LogP contribution in [0, 0.1) is 6.92 Å². The van der Waals surface area contributed by atoms with Gasteiger partial charge in [0, 0.05) is 36.2 Å². The van der Waals surface area contributed by atoms with Crippen molar-refractivity contribution < 1.29 is 18.7 Å². The minimum atomic E-state index is -0.534. The first-order valence-corrected chi connectivity index (χ1v) is 11.8. The molecule has 3 heterocycles. The standard InChI is InChI=1S/C24H28N4O4S/c1-15-5-7-16(8-6-15)18-13-25-21(31-18)10-9-20(29)27-22-26-17-11-12-28(14-19(17)33-22)23(30)32-24(2,3)4/h5-8,13H,9-12,14H2,1-4H3,(H,26,27,29). The van der Waals surface area contributed by atoms with Gasteiger partial charge in [-0.2, -0.15) is 0 Å². The van der Waals surface area contributed by atoms with Crippen molar-refractivity contribution in [3.8, 4) is 11.3 Å². The van der Waals surface area contributed by atoms with Gasteiger partial charge >= 0.3 is 6.09 Å². The maximum atomic E-state index is 12.4. The Labute approximate surface area is 197 Å². The van der Waals surface area contributed by atoms with Crippen LogP contribution in [-0.4, -0.2) is 39.0 Å². The molecule has 1 aliphatic heterocycles. The highest BCUT2D eigenvalue weighted by molar-refractivity contribution is 7.15. The van der Waals surface area contributed by atoms with E-state index in [1.807, 2.05) is 52.0 Å². The lowest BCUT2D eigenvalue weighted by atomic mass is 10.1. The topological polar surface area (TPSA) is 97.6 Å². The van der Waals surface area contributed by atoms with Crippen molar-refractivity contribution in [2.45, 2.75) is 59.1 Å². The van der Waals surface area contributed by atoms with E-state index in [1.165, 1.54) is 16.9 Å². The van der Waals surface area contributed by atoms with Crippen LogP contribution in [0.4, 0.5) is 9.93 Å². The Kier molecular flexibility index (Phi) is 6.51. The van der Waals surface area contributed by atoms with Crippen molar-refractivity contribution in [1.82, 2.24) is 14.9 Å². The lowest BCUT2D eigenvalue weighted by Crippen LogP contribution is -2.39. The second-order valence-corrected chi connectivity index (χ2v) is 10.2. The number of aromatic nitrogens is 2. The van der Waals surface area contributed by atoms with Crippen LogP contribution in [0.5, 0.6) is 0 Å². The highest BCUT2D eigenvalue weighted by Gasteiger charge is 2.28. The molecular formula is C24H28N4O4S. The van der Waals surface area contributed by atoms with Gasteiger partial charge in [0.25, 0.3) is 0 Å². The SMILES string of the molecule is Cc1ccc(-c2cnc(CCC(=O)Nc3nc4c(s3)CN(C(=O)OC(C)(C)C)CC4)o2)cc1. The van der Waals surface area contributed by atoms with Crippen LogP contribution in [0.1, 0.15) is 49.2 Å². The molecule has 0 aliphatic carbocycles. The molecule has 33 heavy (non-hydrogen) atoms. The number of carbonyl (C=O) groups excluding carboxylic acids is 2. The van der Waals surface area contributed by atoms with Crippen molar-refractivity contribution in [3.63, 3.8) is 0 Å². The zero-order chi connectivity index (χ0) is 23.6. The number of ether oxygens (including phenoxy) is 1. The molecule has 0 bridgehead atoms. The Balaban J connectivity index is 1.30. The van der Waals surface area contributed by atoms with E-state index in [0.717, 1.165) is 16.1 Å². The molecule has 0 fully saturated rings. The summed E-state index contributed by atoms with van der Waals surface area (Å²) in [6.07, 6.45) is 2.63. The molecule has 3 aromatic rings. The van der Waals surface area contributed by atoms with Gasteiger partial charge in [0.1, 0.15) is 5.60 Å². The number of anilines is 1. The predicted octanol–water partition coefficient (Wildman–Crippen LogP) is 4.97. The van der Waals surface area contributed by atoms with E-state index in [4.69, 9.17) is 9.15 Å². The number of hydrogen-bond acceptors (Lipinski definition) is 7. The monoisotopic (exact) mass is 468 g/mol. The third kappa shape index (κ3) is 5.98. The van der Waals surface area contributed by atoms with Crippen LogP contribution < -0.4 is 5.32 Å². The maximum Gasteiger partial charge on any atom is 0.410 e. The molecule has 0 saturated heterocycles. The number of rotatable bonds is 5. The van der Waals surface area contributed by atoms with E-state index in [9.17, 15) is 9.59 Å². The predicted molar refractivity (Wildman–Crippen MR) is 126 cm³/mol. The minimum absolute atomic E-state index is 0.153. The third-order valence-electron chi connectivity index (χ3n) is 5.08. The number of nitrogens with zero attached hydrogens (tertiary/aromatic N) is 3. The maximum absolute atomic E-state index is 12.4. The van der Waals surface area contributed by atoms with Gasteiger partial charge < -0.3 is 19.4 Å². The minimum Gasteiger partial charge on any atom is -0.444 e. The molecule has 0 unspecified atom stereocenters. The van der Waals surface area contributed by atoms with Crippen molar-refractivity contribution >= 4 is 28.5 Å². The van der Waals surface area contributed by atoms with Crippen LogP contribution in [-0.2, 0) is 28.9 Å². The summed E-state index contributed by atoms with van der Waals surface area (Å²) in [6.45, 7) is 8.57. The smallest absolute Gasteiger partial charge is 0.410 e. The Morgan fingerprint density at radius 1 is 1.24 bits per heavy atom. The highest BCUT2D eigenvalue weighted by atomic mass is 32.1. The van der Waals surface area contributed by atoms with E-state index >= 15 is 0 Å². The van der Waals surface area contributed by atoms with Gasteiger partial charge in [0.15, 0.2) is 16.8 Å². The van der Waals surface area contributed by atoms with Crippen molar-refractivity contribution in [1.29, 1.82) is 0 Å².